The van der Waals surface area contributed by atoms with Crippen LogP contribution >= 0.6 is 0 Å². The molecular weight excluding hydrogens is 378 g/mol. The number of ether oxygens (including phenoxy) is 3. The van der Waals surface area contributed by atoms with Gasteiger partial charge in [-0.15, -0.1) is 0 Å². The lowest BCUT2D eigenvalue weighted by atomic mass is 10.1. The summed E-state index contributed by atoms with van der Waals surface area (Å²) in [7, 11) is 1.47. The molecule has 0 saturated heterocycles. The summed E-state index contributed by atoms with van der Waals surface area (Å²) in [6.45, 7) is -0.00836. The fourth-order valence-corrected chi connectivity index (χ4v) is 2.99. The number of rotatable bonds is 5. The van der Waals surface area contributed by atoms with Gasteiger partial charge in [0.15, 0.2) is 11.5 Å². The molecule has 0 aromatic heterocycles. The normalized spacial score (nSPS) is 12.3. The third-order valence-electron chi connectivity index (χ3n) is 4.40. The van der Waals surface area contributed by atoms with E-state index in [0.29, 0.717) is 22.8 Å². The standard InChI is InChI=1S/C20H15N3O6/c1-27-17-7-13-5-3-2-4-12(13)6-15(17)20(24)22-21-10-14-8-18-19(29-11-28-18)9-16(14)23(25)26/h2-10H,11H2,1H3,(H,22,24)/b21-10+. The summed E-state index contributed by atoms with van der Waals surface area (Å²) in [5.74, 6) is 0.552. The fraction of sp³-hybridized carbons (Fsp3) is 0.100. The minimum Gasteiger partial charge on any atom is -0.496 e. The Morgan fingerprint density at radius 3 is 2.55 bits per heavy atom. The average molecular weight is 393 g/mol. The lowest BCUT2D eigenvalue weighted by Gasteiger charge is -2.09. The third kappa shape index (κ3) is 3.53. The highest BCUT2D eigenvalue weighted by Crippen LogP contribution is 2.37. The van der Waals surface area contributed by atoms with E-state index in [1.807, 2.05) is 24.3 Å². The SMILES string of the molecule is COc1cc2ccccc2cc1C(=O)N/N=C/c1cc2c(cc1[N+](=O)[O-])OCO2. The first-order valence-electron chi connectivity index (χ1n) is 8.55. The predicted octanol–water partition coefficient (Wildman–Crippen LogP) is 3.25. The van der Waals surface area contributed by atoms with Crippen LogP contribution < -0.4 is 19.6 Å². The van der Waals surface area contributed by atoms with Gasteiger partial charge in [0.2, 0.25) is 6.79 Å². The minimum absolute atomic E-state index is 0.00836. The maximum absolute atomic E-state index is 12.6. The molecule has 1 amide bonds. The number of carbonyl (C=O) groups excluding carboxylic acids is 1. The van der Waals surface area contributed by atoms with E-state index < -0.39 is 10.8 Å². The van der Waals surface area contributed by atoms with Crippen LogP contribution in [0.1, 0.15) is 15.9 Å². The van der Waals surface area contributed by atoms with E-state index in [-0.39, 0.29) is 18.0 Å². The largest absolute Gasteiger partial charge is 0.496 e. The van der Waals surface area contributed by atoms with E-state index in [9.17, 15) is 14.9 Å². The number of nitro groups is 1. The summed E-state index contributed by atoms with van der Waals surface area (Å²) >= 11 is 0. The number of nitrogens with zero attached hydrogens (tertiary/aromatic N) is 2. The molecule has 1 N–H and O–H groups in total. The second-order valence-electron chi connectivity index (χ2n) is 6.12. The van der Waals surface area contributed by atoms with Gasteiger partial charge in [-0.3, -0.25) is 14.9 Å². The van der Waals surface area contributed by atoms with Crippen LogP contribution in [-0.2, 0) is 0 Å². The quantitative estimate of drug-likeness (QED) is 0.405. The van der Waals surface area contributed by atoms with Crippen LogP contribution in [0.4, 0.5) is 5.69 Å². The van der Waals surface area contributed by atoms with Crippen LogP contribution in [0.3, 0.4) is 0 Å². The molecular formula is C20H15N3O6. The smallest absolute Gasteiger partial charge is 0.282 e. The zero-order valence-corrected chi connectivity index (χ0v) is 15.2. The maximum atomic E-state index is 12.6. The van der Waals surface area contributed by atoms with Crippen LogP contribution in [0.2, 0.25) is 0 Å². The van der Waals surface area contributed by atoms with Crippen LogP contribution in [0.25, 0.3) is 10.8 Å². The molecule has 3 aromatic rings. The van der Waals surface area contributed by atoms with Crippen molar-refractivity contribution in [2.24, 2.45) is 5.10 Å². The number of methoxy groups -OCH3 is 1. The van der Waals surface area contributed by atoms with Gasteiger partial charge in [-0.1, -0.05) is 24.3 Å². The number of nitrogens with one attached hydrogen (secondary N) is 1. The zero-order chi connectivity index (χ0) is 20.4. The van der Waals surface area contributed by atoms with Crippen LogP contribution in [0.15, 0.2) is 53.6 Å². The highest BCUT2D eigenvalue weighted by molar-refractivity contribution is 6.02. The van der Waals surface area contributed by atoms with Gasteiger partial charge in [0.05, 0.1) is 35.4 Å². The Labute approximate surface area is 164 Å². The van der Waals surface area contributed by atoms with E-state index in [1.165, 1.54) is 25.5 Å². The fourth-order valence-electron chi connectivity index (χ4n) is 2.99. The van der Waals surface area contributed by atoms with Crippen LogP contribution in [-0.4, -0.2) is 30.9 Å². The molecule has 0 atom stereocenters. The number of hydrogen-bond acceptors (Lipinski definition) is 7. The third-order valence-corrected chi connectivity index (χ3v) is 4.40. The molecule has 9 nitrogen and oxygen atoms in total. The number of hydrogen-bond donors (Lipinski definition) is 1. The van der Waals surface area contributed by atoms with Crippen LogP contribution in [0.5, 0.6) is 17.2 Å². The van der Waals surface area contributed by atoms with Crippen molar-refractivity contribution in [3.05, 3.63) is 69.8 Å². The molecule has 0 unspecified atom stereocenters. The first kappa shape index (κ1) is 18.2. The Morgan fingerprint density at radius 1 is 1.17 bits per heavy atom. The number of fused-ring (bicyclic) bond motifs is 2. The van der Waals surface area contributed by atoms with Crippen LogP contribution in [0, 0.1) is 10.1 Å². The highest BCUT2D eigenvalue weighted by Gasteiger charge is 2.22. The number of benzene rings is 3. The molecule has 0 spiro atoms. The summed E-state index contributed by atoms with van der Waals surface area (Å²) in [4.78, 5) is 23.3. The highest BCUT2D eigenvalue weighted by atomic mass is 16.7. The number of hydrazone groups is 1. The molecule has 146 valence electrons. The Hall–Kier alpha value is -4.14. The second kappa shape index (κ2) is 7.47. The first-order chi connectivity index (χ1) is 14.1. The lowest BCUT2D eigenvalue weighted by molar-refractivity contribution is -0.385. The van der Waals surface area contributed by atoms with E-state index in [1.54, 1.807) is 12.1 Å². The summed E-state index contributed by atoms with van der Waals surface area (Å²) in [6, 6.07) is 13.7. The van der Waals surface area contributed by atoms with E-state index in [4.69, 9.17) is 14.2 Å². The van der Waals surface area contributed by atoms with Gasteiger partial charge >= 0.3 is 0 Å². The van der Waals surface area contributed by atoms with Gasteiger partial charge in [-0.05, 0) is 29.0 Å². The van der Waals surface area contributed by atoms with E-state index >= 15 is 0 Å². The topological polar surface area (TPSA) is 112 Å². The van der Waals surface area contributed by atoms with Gasteiger partial charge in [0.25, 0.3) is 11.6 Å². The molecule has 1 aliphatic rings. The van der Waals surface area contributed by atoms with E-state index in [2.05, 4.69) is 10.5 Å². The van der Waals surface area contributed by atoms with Crippen molar-refractivity contribution in [3.63, 3.8) is 0 Å². The predicted molar refractivity (Wildman–Crippen MR) is 105 cm³/mol. The van der Waals surface area contributed by atoms with Crippen molar-refractivity contribution < 1.29 is 23.9 Å². The second-order valence-corrected chi connectivity index (χ2v) is 6.12. The Bertz CT molecular complexity index is 1160. The molecule has 1 aliphatic heterocycles. The van der Waals surface area contributed by atoms with Crippen molar-refractivity contribution in [2.75, 3.05) is 13.9 Å². The number of nitro benzene ring substituents is 1. The van der Waals surface area contributed by atoms with Crippen molar-refractivity contribution >= 4 is 28.6 Å². The monoisotopic (exact) mass is 393 g/mol. The Balaban J connectivity index is 1.60. The van der Waals surface area contributed by atoms with Gasteiger partial charge in [0.1, 0.15) is 5.75 Å². The van der Waals surface area contributed by atoms with Gasteiger partial charge in [-0.2, -0.15) is 5.10 Å². The minimum atomic E-state index is -0.558. The number of carbonyl (C=O) groups is 1. The molecule has 0 aliphatic carbocycles. The van der Waals surface area contributed by atoms with Crippen molar-refractivity contribution in [3.8, 4) is 17.2 Å². The van der Waals surface area contributed by atoms with Gasteiger partial charge in [0, 0.05) is 0 Å². The molecule has 0 bridgehead atoms. The molecule has 29 heavy (non-hydrogen) atoms. The molecule has 9 heteroatoms. The summed E-state index contributed by atoms with van der Waals surface area (Å²) < 4.78 is 15.7. The van der Waals surface area contributed by atoms with Gasteiger partial charge in [-0.25, -0.2) is 5.43 Å². The van der Waals surface area contributed by atoms with Crippen molar-refractivity contribution in [1.82, 2.24) is 5.43 Å². The summed E-state index contributed by atoms with van der Waals surface area (Å²) in [5, 5.41) is 17.0. The van der Waals surface area contributed by atoms with Crippen molar-refractivity contribution in [2.45, 2.75) is 0 Å². The van der Waals surface area contributed by atoms with Crippen molar-refractivity contribution in [1.29, 1.82) is 0 Å². The molecule has 0 fully saturated rings. The Kier molecular flexibility index (Phi) is 4.70. The first-order valence-corrected chi connectivity index (χ1v) is 8.55. The maximum Gasteiger partial charge on any atom is 0.282 e. The molecule has 4 rings (SSSR count). The summed E-state index contributed by atoms with van der Waals surface area (Å²) in [5.41, 5.74) is 2.63. The summed E-state index contributed by atoms with van der Waals surface area (Å²) in [6.07, 6.45) is 1.19. The number of amides is 1. The Morgan fingerprint density at radius 2 is 1.86 bits per heavy atom. The average Bonchev–Trinajstić information content (AvgIpc) is 3.19. The molecule has 0 saturated carbocycles. The molecule has 3 aromatic carbocycles. The lowest BCUT2D eigenvalue weighted by Crippen LogP contribution is -2.18. The molecule has 1 heterocycles. The van der Waals surface area contributed by atoms with E-state index in [0.717, 1.165) is 10.8 Å². The molecule has 0 radical (unpaired) electrons. The zero-order valence-electron chi connectivity index (χ0n) is 15.2. The van der Waals surface area contributed by atoms with Gasteiger partial charge < -0.3 is 14.2 Å².